The first-order valence-electron chi connectivity index (χ1n) is 9.40. The van der Waals surface area contributed by atoms with Crippen LogP contribution in [0, 0.1) is 12.3 Å². The highest BCUT2D eigenvalue weighted by atomic mass is 16.5. The zero-order chi connectivity index (χ0) is 16.4. The molecule has 3 aliphatic rings. The van der Waals surface area contributed by atoms with Crippen molar-refractivity contribution in [3.8, 4) is 0 Å². The second kappa shape index (κ2) is 7.16. The van der Waals surface area contributed by atoms with E-state index in [4.69, 9.17) is 13.9 Å². The van der Waals surface area contributed by atoms with Crippen molar-refractivity contribution < 1.29 is 13.9 Å². The van der Waals surface area contributed by atoms with Crippen LogP contribution in [0.5, 0.6) is 0 Å². The lowest BCUT2D eigenvalue weighted by molar-refractivity contribution is 0.0283. The first-order valence-corrected chi connectivity index (χ1v) is 9.40. The second-order valence-electron chi connectivity index (χ2n) is 7.84. The van der Waals surface area contributed by atoms with E-state index in [1.807, 2.05) is 6.92 Å². The Labute approximate surface area is 144 Å². The Balaban J connectivity index is 1.40. The van der Waals surface area contributed by atoms with Crippen molar-refractivity contribution in [2.24, 2.45) is 5.41 Å². The molecule has 0 amide bonds. The summed E-state index contributed by atoms with van der Waals surface area (Å²) < 4.78 is 17.3. The van der Waals surface area contributed by atoms with Gasteiger partial charge in [-0.3, -0.25) is 9.80 Å². The molecule has 0 aromatic carbocycles. The average molecular weight is 334 g/mol. The smallest absolute Gasteiger partial charge is 0.118 e. The normalized spacial score (nSPS) is 30.9. The van der Waals surface area contributed by atoms with Gasteiger partial charge in [-0.15, -0.1) is 0 Å². The van der Waals surface area contributed by atoms with E-state index in [9.17, 15) is 0 Å². The lowest BCUT2D eigenvalue weighted by Gasteiger charge is -2.35. The molecule has 1 aromatic rings. The molecule has 0 unspecified atom stereocenters. The molecule has 5 heteroatoms. The van der Waals surface area contributed by atoms with Crippen LogP contribution in [0.15, 0.2) is 16.5 Å². The highest BCUT2D eigenvalue weighted by Gasteiger charge is 2.43. The largest absolute Gasteiger partial charge is 0.465 e. The van der Waals surface area contributed by atoms with E-state index in [2.05, 4.69) is 21.9 Å². The topological polar surface area (TPSA) is 38.1 Å². The van der Waals surface area contributed by atoms with E-state index in [0.29, 0.717) is 6.04 Å². The third-order valence-corrected chi connectivity index (χ3v) is 5.87. The van der Waals surface area contributed by atoms with Crippen molar-refractivity contribution in [2.75, 3.05) is 52.6 Å². The van der Waals surface area contributed by atoms with E-state index in [1.54, 1.807) is 0 Å². The fraction of sp³-hybridized carbons (Fsp3) is 0.789. The van der Waals surface area contributed by atoms with Gasteiger partial charge in [-0.1, -0.05) is 0 Å². The molecule has 3 fully saturated rings. The SMILES string of the molecule is Cc1ccc(CN2CCOC[C@@]3(CCN(C4CCOCC4)C3)C2)o1. The number of hydrogen-bond donors (Lipinski definition) is 0. The van der Waals surface area contributed by atoms with Gasteiger partial charge in [-0.25, -0.2) is 0 Å². The summed E-state index contributed by atoms with van der Waals surface area (Å²) in [5.41, 5.74) is 0.288. The molecule has 0 radical (unpaired) electrons. The van der Waals surface area contributed by atoms with Gasteiger partial charge < -0.3 is 13.9 Å². The summed E-state index contributed by atoms with van der Waals surface area (Å²) in [4.78, 5) is 5.23. The predicted molar refractivity (Wildman–Crippen MR) is 92.0 cm³/mol. The van der Waals surface area contributed by atoms with E-state index in [0.717, 1.165) is 57.6 Å². The number of furan rings is 1. The van der Waals surface area contributed by atoms with Crippen LogP contribution in [-0.2, 0) is 16.0 Å². The molecule has 4 heterocycles. The van der Waals surface area contributed by atoms with E-state index in [-0.39, 0.29) is 5.41 Å². The summed E-state index contributed by atoms with van der Waals surface area (Å²) in [6, 6.07) is 4.88. The molecule has 0 N–H and O–H groups in total. The van der Waals surface area contributed by atoms with Crippen LogP contribution >= 0.6 is 0 Å². The zero-order valence-electron chi connectivity index (χ0n) is 14.8. The molecule has 134 valence electrons. The minimum atomic E-state index is 0.288. The van der Waals surface area contributed by atoms with Crippen LogP contribution in [0.2, 0.25) is 0 Å². The Morgan fingerprint density at radius 3 is 2.75 bits per heavy atom. The van der Waals surface area contributed by atoms with Gasteiger partial charge in [0, 0.05) is 44.3 Å². The Hall–Kier alpha value is -0.880. The fourth-order valence-corrected chi connectivity index (χ4v) is 4.59. The highest BCUT2D eigenvalue weighted by molar-refractivity contribution is 5.06. The van der Waals surface area contributed by atoms with Crippen LogP contribution in [-0.4, -0.2) is 68.4 Å². The molecule has 3 aliphatic heterocycles. The number of rotatable bonds is 3. The molecule has 1 spiro atoms. The number of ether oxygens (including phenoxy) is 2. The summed E-state index contributed by atoms with van der Waals surface area (Å²) in [6.07, 6.45) is 3.62. The molecule has 4 rings (SSSR count). The maximum atomic E-state index is 6.02. The Kier molecular flexibility index (Phi) is 4.95. The minimum Gasteiger partial charge on any atom is -0.465 e. The summed E-state index contributed by atoms with van der Waals surface area (Å²) in [5.74, 6) is 2.07. The highest BCUT2D eigenvalue weighted by Crippen LogP contribution is 2.36. The minimum absolute atomic E-state index is 0.288. The first-order chi connectivity index (χ1) is 11.7. The third kappa shape index (κ3) is 3.69. The van der Waals surface area contributed by atoms with Gasteiger partial charge in [0.15, 0.2) is 0 Å². The summed E-state index contributed by atoms with van der Waals surface area (Å²) in [5, 5.41) is 0. The maximum Gasteiger partial charge on any atom is 0.118 e. The van der Waals surface area contributed by atoms with Crippen molar-refractivity contribution in [2.45, 2.75) is 38.8 Å². The number of nitrogens with zero attached hydrogens (tertiary/aromatic N) is 2. The monoisotopic (exact) mass is 334 g/mol. The number of likely N-dealkylation sites (tertiary alicyclic amines) is 1. The van der Waals surface area contributed by atoms with Gasteiger partial charge in [0.2, 0.25) is 0 Å². The molecule has 0 bridgehead atoms. The van der Waals surface area contributed by atoms with Crippen molar-refractivity contribution >= 4 is 0 Å². The van der Waals surface area contributed by atoms with Crippen LogP contribution in [0.3, 0.4) is 0 Å². The molecule has 1 atom stereocenters. The van der Waals surface area contributed by atoms with Gasteiger partial charge in [-0.2, -0.15) is 0 Å². The number of aryl methyl sites for hydroxylation is 1. The molecular formula is C19H30N2O3. The van der Waals surface area contributed by atoms with Gasteiger partial charge in [0.25, 0.3) is 0 Å². The standard InChI is InChI=1S/C19H30N2O3/c1-16-2-3-18(24-16)12-20-8-11-23-15-19(13-20)6-7-21(14-19)17-4-9-22-10-5-17/h2-3,17H,4-15H2,1H3/t19-/m0/s1. The lowest BCUT2D eigenvalue weighted by atomic mass is 9.87. The Morgan fingerprint density at radius 2 is 1.96 bits per heavy atom. The van der Waals surface area contributed by atoms with Crippen molar-refractivity contribution in [1.82, 2.24) is 9.80 Å². The molecule has 24 heavy (non-hydrogen) atoms. The van der Waals surface area contributed by atoms with Crippen LogP contribution in [0.4, 0.5) is 0 Å². The molecule has 0 aliphatic carbocycles. The van der Waals surface area contributed by atoms with Gasteiger partial charge in [0.1, 0.15) is 11.5 Å². The molecule has 3 saturated heterocycles. The van der Waals surface area contributed by atoms with Crippen LogP contribution < -0.4 is 0 Å². The van der Waals surface area contributed by atoms with Gasteiger partial charge in [-0.05, 0) is 44.9 Å². The summed E-state index contributed by atoms with van der Waals surface area (Å²) in [7, 11) is 0. The van der Waals surface area contributed by atoms with Gasteiger partial charge in [0.05, 0.1) is 19.8 Å². The quantitative estimate of drug-likeness (QED) is 0.848. The number of hydrogen-bond acceptors (Lipinski definition) is 5. The predicted octanol–water partition coefficient (Wildman–Crippen LogP) is 2.29. The molecule has 5 nitrogen and oxygen atoms in total. The van der Waals surface area contributed by atoms with E-state index in [1.165, 1.54) is 32.4 Å². The zero-order valence-corrected chi connectivity index (χ0v) is 14.8. The van der Waals surface area contributed by atoms with E-state index >= 15 is 0 Å². The summed E-state index contributed by atoms with van der Waals surface area (Å²) >= 11 is 0. The first kappa shape index (κ1) is 16.6. The molecule has 1 aromatic heterocycles. The van der Waals surface area contributed by atoms with Crippen molar-refractivity contribution in [1.29, 1.82) is 0 Å². The van der Waals surface area contributed by atoms with Gasteiger partial charge >= 0.3 is 0 Å². The van der Waals surface area contributed by atoms with Crippen LogP contribution in [0.1, 0.15) is 30.8 Å². The Bertz CT molecular complexity index is 540. The molecular weight excluding hydrogens is 304 g/mol. The third-order valence-electron chi connectivity index (χ3n) is 5.87. The van der Waals surface area contributed by atoms with Crippen molar-refractivity contribution in [3.05, 3.63) is 23.7 Å². The Morgan fingerprint density at radius 1 is 1.08 bits per heavy atom. The maximum absolute atomic E-state index is 6.02. The lowest BCUT2D eigenvalue weighted by Crippen LogP contribution is -2.43. The summed E-state index contributed by atoms with van der Waals surface area (Å²) in [6.45, 7) is 11.0. The fourth-order valence-electron chi connectivity index (χ4n) is 4.59. The molecule has 0 saturated carbocycles. The second-order valence-corrected chi connectivity index (χ2v) is 7.84. The van der Waals surface area contributed by atoms with Crippen LogP contribution in [0.25, 0.3) is 0 Å². The van der Waals surface area contributed by atoms with E-state index < -0.39 is 0 Å². The average Bonchev–Trinajstić information content (AvgIpc) is 3.13. The van der Waals surface area contributed by atoms with Crippen molar-refractivity contribution in [3.63, 3.8) is 0 Å².